The van der Waals surface area contributed by atoms with Crippen molar-refractivity contribution in [3.8, 4) is 0 Å². The molecule has 0 spiro atoms. The van der Waals surface area contributed by atoms with Crippen molar-refractivity contribution in [2.75, 3.05) is 30.1 Å². The van der Waals surface area contributed by atoms with Gasteiger partial charge in [-0.25, -0.2) is 10.0 Å². The number of fused-ring (bicyclic) bond motifs is 1. The van der Waals surface area contributed by atoms with Gasteiger partial charge in [-0.15, -0.1) is 24.8 Å². The molecule has 0 aliphatic heterocycles. The molecule has 2 fully saturated rings. The molecule has 2 aliphatic rings. The fraction of sp³-hybridized carbons (Fsp3) is 0.750. The Labute approximate surface area is 195 Å². The number of aliphatic hydroxyl groups is 1. The first kappa shape index (κ1) is 25.9. The Hall–Kier alpha value is -1.39. The number of aromatic nitrogens is 4. The number of nitrogens with one attached hydrogen (secondary N) is 1. The number of aliphatic hydroxyl groups excluding tert-OH is 1. The Kier molecular flexibility index (Phi) is 10.0. The van der Waals surface area contributed by atoms with E-state index in [1.807, 2.05) is 13.3 Å². The molecule has 0 radical (unpaired) electrons. The van der Waals surface area contributed by atoms with E-state index in [9.17, 15) is 5.11 Å². The summed E-state index contributed by atoms with van der Waals surface area (Å²) >= 11 is 0. The predicted octanol–water partition coefficient (Wildman–Crippen LogP) is 3.22. The van der Waals surface area contributed by atoms with Crippen molar-refractivity contribution in [3.63, 3.8) is 0 Å². The molecule has 11 heteroatoms. The highest BCUT2D eigenvalue weighted by Crippen LogP contribution is 2.34. The first-order valence-electron chi connectivity index (χ1n) is 11.0. The van der Waals surface area contributed by atoms with Gasteiger partial charge in [0, 0.05) is 24.7 Å². The van der Waals surface area contributed by atoms with E-state index >= 15 is 0 Å². The zero-order chi connectivity index (χ0) is 20.2. The largest absolute Gasteiger partial charge is 0.394 e. The maximum atomic E-state index is 9.18. The highest BCUT2D eigenvalue weighted by molar-refractivity contribution is 5.86. The van der Waals surface area contributed by atoms with Crippen LogP contribution in [0.2, 0.25) is 0 Å². The van der Waals surface area contributed by atoms with Crippen molar-refractivity contribution >= 4 is 47.7 Å². The van der Waals surface area contributed by atoms with Gasteiger partial charge in [-0.3, -0.25) is 4.84 Å². The summed E-state index contributed by atoms with van der Waals surface area (Å²) in [6.45, 7) is 2.76. The minimum atomic E-state index is -0.0469. The molecule has 0 saturated heterocycles. The topological polar surface area (TPSA) is 114 Å². The number of nitrogens with zero attached hydrogens (tertiary/aromatic N) is 5. The first-order chi connectivity index (χ1) is 14.2. The molecule has 0 amide bonds. The van der Waals surface area contributed by atoms with E-state index in [4.69, 9.17) is 20.5 Å². The highest BCUT2D eigenvalue weighted by atomic mass is 35.5. The minimum Gasteiger partial charge on any atom is -0.394 e. The number of nitrogens with two attached hydrogens (primary N) is 1. The van der Waals surface area contributed by atoms with Crippen LogP contribution in [-0.2, 0) is 4.84 Å². The zero-order valence-corrected chi connectivity index (χ0v) is 19.7. The zero-order valence-electron chi connectivity index (χ0n) is 18.1. The Balaban J connectivity index is 0.00000171. The third-order valence-corrected chi connectivity index (χ3v) is 6.09. The molecular formula is C20H35Cl2N7O2. The van der Waals surface area contributed by atoms with E-state index in [1.54, 1.807) is 5.06 Å². The van der Waals surface area contributed by atoms with Crippen LogP contribution in [0.4, 0.5) is 11.8 Å². The lowest BCUT2D eigenvalue weighted by atomic mass is 9.92. The van der Waals surface area contributed by atoms with Crippen LogP contribution >= 0.6 is 24.8 Å². The molecule has 176 valence electrons. The number of hydrogen-bond acceptors (Lipinski definition) is 8. The van der Waals surface area contributed by atoms with E-state index in [0.29, 0.717) is 36.4 Å². The molecule has 0 atom stereocenters. The molecule has 2 aromatic rings. The fourth-order valence-electron chi connectivity index (χ4n) is 4.49. The summed E-state index contributed by atoms with van der Waals surface area (Å²) in [7, 11) is 0. The molecule has 31 heavy (non-hydrogen) atoms. The maximum absolute atomic E-state index is 9.18. The van der Waals surface area contributed by atoms with Gasteiger partial charge in [-0.1, -0.05) is 12.8 Å². The van der Waals surface area contributed by atoms with Gasteiger partial charge in [0.25, 0.3) is 0 Å². The predicted molar refractivity (Wildman–Crippen MR) is 127 cm³/mol. The summed E-state index contributed by atoms with van der Waals surface area (Å²) in [4.78, 5) is 20.0. The Bertz CT molecular complexity index is 808. The average Bonchev–Trinajstić information content (AvgIpc) is 3.40. The van der Waals surface area contributed by atoms with E-state index in [0.717, 1.165) is 49.7 Å². The summed E-state index contributed by atoms with van der Waals surface area (Å²) in [5.41, 5.74) is 7.65. The third-order valence-electron chi connectivity index (χ3n) is 6.09. The summed E-state index contributed by atoms with van der Waals surface area (Å²) < 4.78 is 2.20. The molecule has 9 nitrogen and oxygen atoms in total. The SMILES string of the molecule is CCN(OCCO)c1nc(N[C@H]2CC[C@H](N)CC2)nc2c1ncn2C1CCCC1.Cl.Cl. The second kappa shape index (κ2) is 12.0. The molecule has 2 aliphatic carbocycles. The van der Waals surface area contributed by atoms with E-state index in [2.05, 4.69) is 14.9 Å². The van der Waals surface area contributed by atoms with Gasteiger partial charge >= 0.3 is 0 Å². The van der Waals surface area contributed by atoms with Crippen LogP contribution in [0, 0.1) is 0 Å². The number of hydrogen-bond donors (Lipinski definition) is 3. The van der Waals surface area contributed by atoms with Crippen molar-refractivity contribution in [1.29, 1.82) is 0 Å². The molecule has 2 aromatic heterocycles. The van der Waals surface area contributed by atoms with Crippen LogP contribution < -0.4 is 16.1 Å². The third kappa shape index (κ3) is 5.90. The standard InChI is InChI=1S/C20H33N7O2.2ClH/c1-2-27(29-12-11-28)19-17-18(26(13-22-17)16-5-3-4-6-16)24-20(25-19)23-15-9-7-14(21)8-10-15;;/h13-16,28H,2-12,21H2,1H3,(H,23,24,25);2*1H/t14-,15-;;. The molecule has 4 N–H and O–H groups in total. The van der Waals surface area contributed by atoms with Gasteiger partial charge in [0.15, 0.2) is 17.0 Å². The number of anilines is 2. The molecule has 0 aromatic carbocycles. The van der Waals surface area contributed by atoms with Crippen molar-refractivity contribution in [2.24, 2.45) is 5.73 Å². The van der Waals surface area contributed by atoms with Gasteiger partial charge in [0.05, 0.1) is 19.5 Å². The lowest BCUT2D eigenvalue weighted by molar-refractivity contribution is 0.0737. The fourth-order valence-corrected chi connectivity index (χ4v) is 4.49. The van der Waals surface area contributed by atoms with Crippen LogP contribution in [-0.4, -0.2) is 56.5 Å². The second-order valence-corrected chi connectivity index (χ2v) is 8.14. The Morgan fingerprint density at radius 1 is 1.16 bits per heavy atom. The number of imidazole rings is 1. The van der Waals surface area contributed by atoms with E-state index in [1.165, 1.54) is 12.8 Å². The van der Waals surface area contributed by atoms with Crippen LogP contribution in [0.15, 0.2) is 6.33 Å². The van der Waals surface area contributed by atoms with Gasteiger partial charge in [-0.2, -0.15) is 9.97 Å². The van der Waals surface area contributed by atoms with Gasteiger partial charge in [-0.05, 0) is 45.4 Å². The second-order valence-electron chi connectivity index (χ2n) is 8.14. The van der Waals surface area contributed by atoms with Crippen LogP contribution in [0.25, 0.3) is 11.2 Å². The summed E-state index contributed by atoms with van der Waals surface area (Å²) in [6, 6.07) is 1.08. The first-order valence-corrected chi connectivity index (χ1v) is 11.0. The number of halogens is 2. The van der Waals surface area contributed by atoms with Gasteiger partial charge in [0.1, 0.15) is 0 Å². The van der Waals surface area contributed by atoms with Crippen LogP contribution in [0.3, 0.4) is 0 Å². The molecule has 0 unspecified atom stereocenters. The summed E-state index contributed by atoms with van der Waals surface area (Å²) in [5, 5.41) is 14.4. The molecule has 0 bridgehead atoms. The van der Waals surface area contributed by atoms with Crippen molar-refractivity contribution in [2.45, 2.75) is 76.4 Å². The summed E-state index contributed by atoms with van der Waals surface area (Å²) in [5.74, 6) is 1.26. The quantitative estimate of drug-likeness (QED) is 0.498. The minimum absolute atomic E-state index is 0. The molecule has 2 heterocycles. The summed E-state index contributed by atoms with van der Waals surface area (Å²) in [6.07, 6.45) is 10.8. The van der Waals surface area contributed by atoms with Crippen molar-refractivity contribution in [1.82, 2.24) is 19.5 Å². The number of rotatable bonds is 8. The van der Waals surface area contributed by atoms with Crippen LogP contribution in [0.5, 0.6) is 0 Å². The Morgan fingerprint density at radius 2 is 1.87 bits per heavy atom. The Morgan fingerprint density at radius 3 is 2.52 bits per heavy atom. The van der Waals surface area contributed by atoms with Crippen LogP contribution in [0.1, 0.15) is 64.3 Å². The van der Waals surface area contributed by atoms with Gasteiger partial charge < -0.3 is 20.7 Å². The van der Waals surface area contributed by atoms with E-state index < -0.39 is 0 Å². The monoisotopic (exact) mass is 475 g/mol. The molecule has 4 rings (SSSR count). The lowest BCUT2D eigenvalue weighted by Crippen LogP contribution is -2.33. The lowest BCUT2D eigenvalue weighted by Gasteiger charge is -2.27. The van der Waals surface area contributed by atoms with Crippen molar-refractivity contribution in [3.05, 3.63) is 6.33 Å². The average molecular weight is 476 g/mol. The normalized spacial score (nSPS) is 21.5. The van der Waals surface area contributed by atoms with Gasteiger partial charge in [0.2, 0.25) is 5.95 Å². The highest BCUT2D eigenvalue weighted by Gasteiger charge is 2.25. The smallest absolute Gasteiger partial charge is 0.227 e. The van der Waals surface area contributed by atoms with Crippen molar-refractivity contribution < 1.29 is 9.94 Å². The number of hydroxylamine groups is 1. The van der Waals surface area contributed by atoms with E-state index in [-0.39, 0.29) is 38.0 Å². The molecular weight excluding hydrogens is 441 g/mol. The molecule has 2 saturated carbocycles. The maximum Gasteiger partial charge on any atom is 0.227 e.